The van der Waals surface area contributed by atoms with Gasteiger partial charge in [-0.1, -0.05) is 6.07 Å². The third-order valence-corrected chi connectivity index (χ3v) is 4.37. The van der Waals surface area contributed by atoms with Crippen molar-refractivity contribution in [1.82, 2.24) is 10.2 Å². The Hall–Kier alpha value is -2.15. The van der Waals surface area contributed by atoms with Gasteiger partial charge in [0.1, 0.15) is 0 Å². The van der Waals surface area contributed by atoms with Crippen molar-refractivity contribution in [3.63, 3.8) is 0 Å². The number of anilines is 1. The highest BCUT2D eigenvalue weighted by Crippen LogP contribution is 2.36. The van der Waals surface area contributed by atoms with Crippen LogP contribution >= 0.6 is 0 Å². The number of benzene rings is 1. The molecule has 112 valence electrons. The molecule has 0 radical (unpaired) electrons. The highest BCUT2D eigenvalue weighted by molar-refractivity contribution is 5.89. The summed E-state index contributed by atoms with van der Waals surface area (Å²) in [6.45, 7) is 3.47. The molecule has 2 heterocycles. The number of rotatable bonds is 2. The average Bonchev–Trinajstić information content (AvgIpc) is 3.10. The number of hydrogen-bond donors (Lipinski definition) is 2. The minimum Gasteiger partial charge on any atom is -0.324 e. The highest BCUT2D eigenvalue weighted by atomic mass is 16.6. The molecule has 0 bridgehead atoms. The lowest BCUT2D eigenvalue weighted by Gasteiger charge is -2.22. The molecule has 0 aromatic heterocycles. The van der Waals surface area contributed by atoms with E-state index in [1.807, 2.05) is 0 Å². The monoisotopic (exact) mass is 290 g/mol. The Morgan fingerprint density at radius 3 is 3.00 bits per heavy atom. The number of nitrogens with zero attached hydrogens (tertiary/aromatic N) is 2. The Bertz CT molecular complexity index is 569. The molecule has 1 atom stereocenters. The molecule has 3 rings (SSSR count). The van der Waals surface area contributed by atoms with Crippen LogP contribution in [0.4, 0.5) is 16.2 Å². The number of likely N-dealkylation sites (tertiary alicyclic amines) is 1. The molecule has 2 aliphatic rings. The predicted molar refractivity (Wildman–Crippen MR) is 78.2 cm³/mol. The van der Waals surface area contributed by atoms with E-state index in [9.17, 15) is 14.9 Å². The lowest BCUT2D eigenvalue weighted by Crippen LogP contribution is -2.36. The van der Waals surface area contributed by atoms with Crippen molar-refractivity contribution >= 4 is 17.4 Å². The molecule has 2 aliphatic heterocycles. The SMILES string of the molecule is O=C(Nc1cccc([N+](=O)[O-])c1)N1CCC2(CCNC2)C1. The summed E-state index contributed by atoms with van der Waals surface area (Å²) in [6, 6.07) is 5.83. The van der Waals surface area contributed by atoms with E-state index in [4.69, 9.17) is 0 Å². The molecule has 2 amide bonds. The highest BCUT2D eigenvalue weighted by Gasteiger charge is 2.41. The zero-order valence-corrected chi connectivity index (χ0v) is 11.7. The zero-order chi connectivity index (χ0) is 14.9. The van der Waals surface area contributed by atoms with Crippen LogP contribution in [0.2, 0.25) is 0 Å². The number of nitro benzene ring substituents is 1. The summed E-state index contributed by atoms with van der Waals surface area (Å²) in [5.41, 5.74) is 0.658. The van der Waals surface area contributed by atoms with Crippen molar-refractivity contribution in [1.29, 1.82) is 0 Å². The molecule has 7 nitrogen and oxygen atoms in total. The summed E-state index contributed by atoms with van der Waals surface area (Å²) < 4.78 is 0. The number of hydrogen-bond acceptors (Lipinski definition) is 4. The molecule has 2 saturated heterocycles. The van der Waals surface area contributed by atoms with E-state index in [1.54, 1.807) is 17.0 Å². The molecule has 2 N–H and O–H groups in total. The molecule has 7 heteroatoms. The average molecular weight is 290 g/mol. The fourth-order valence-electron chi connectivity index (χ4n) is 3.15. The first kappa shape index (κ1) is 13.8. The lowest BCUT2D eigenvalue weighted by atomic mass is 9.87. The van der Waals surface area contributed by atoms with Gasteiger partial charge in [-0.15, -0.1) is 0 Å². The van der Waals surface area contributed by atoms with E-state index in [0.29, 0.717) is 5.69 Å². The van der Waals surface area contributed by atoms with E-state index in [-0.39, 0.29) is 17.1 Å². The Morgan fingerprint density at radius 2 is 2.29 bits per heavy atom. The van der Waals surface area contributed by atoms with Gasteiger partial charge >= 0.3 is 6.03 Å². The summed E-state index contributed by atoms with van der Waals surface area (Å²) in [6.07, 6.45) is 2.12. The first-order chi connectivity index (χ1) is 10.1. The van der Waals surface area contributed by atoms with Crippen molar-refractivity contribution < 1.29 is 9.72 Å². The smallest absolute Gasteiger partial charge is 0.321 e. The van der Waals surface area contributed by atoms with Crippen molar-refractivity contribution in [3.05, 3.63) is 34.4 Å². The molecule has 1 unspecified atom stereocenters. The zero-order valence-electron chi connectivity index (χ0n) is 11.7. The molecule has 1 aromatic carbocycles. The fourth-order valence-corrected chi connectivity index (χ4v) is 3.15. The van der Waals surface area contributed by atoms with E-state index < -0.39 is 4.92 Å². The summed E-state index contributed by atoms with van der Waals surface area (Å²) in [5, 5.41) is 16.8. The Kier molecular flexibility index (Phi) is 3.50. The van der Waals surface area contributed by atoms with Crippen molar-refractivity contribution in [3.8, 4) is 0 Å². The van der Waals surface area contributed by atoms with Crippen LogP contribution in [-0.2, 0) is 0 Å². The number of urea groups is 1. The van der Waals surface area contributed by atoms with E-state index in [0.717, 1.165) is 39.0 Å². The number of carbonyl (C=O) groups excluding carboxylic acids is 1. The van der Waals surface area contributed by atoms with Crippen LogP contribution in [0.1, 0.15) is 12.8 Å². The van der Waals surface area contributed by atoms with Crippen LogP contribution in [0.3, 0.4) is 0 Å². The first-order valence-corrected chi connectivity index (χ1v) is 7.09. The summed E-state index contributed by atoms with van der Waals surface area (Å²) in [4.78, 5) is 24.3. The molecular weight excluding hydrogens is 272 g/mol. The number of non-ortho nitro benzene ring substituents is 1. The molecule has 1 spiro atoms. The maximum atomic E-state index is 12.3. The van der Waals surface area contributed by atoms with Gasteiger partial charge in [-0.3, -0.25) is 10.1 Å². The van der Waals surface area contributed by atoms with E-state index in [1.165, 1.54) is 12.1 Å². The second kappa shape index (κ2) is 5.33. The minimum atomic E-state index is -0.468. The van der Waals surface area contributed by atoms with Gasteiger partial charge in [0.15, 0.2) is 0 Å². The third-order valence-electron chi connectivity index (χ3n) is 4.37. The molecule has 1 aromatic rings. The summed E-state index contributed by atoms with van der Waals surface area (Å²) >= 11 is 0. The fraction of sp³-hybridized carbons (Fsp3) is 0.500. The van der Waals surface area contributed by atoms with Crippen LogP contribution in [0.15, 0.2) is 24.3 Å². The molecule has 2 fully saturated rings. The van der Waals surface area contributed by atoms with Gasteiger partial charge in [0.05, 0.1) is 4.92 Å². The van der Waals surface area contributed by atoms with Gasteiger partial charge in [-0.05, 0) is 25.5 Å². The van der Waals surface area contributed by atoms with E-state index in [2.05, 4.69) is 10.6 Å². The minimum absolute atomic E-state index is 0.0225. The Labute approximate surface area is 122 Å². The van der Waals surface area contributed by atoms with Gasteiger partial charge in [0.2, 0.25) is 0 Å². The number of amides is 2. The van der Waals surface area contributed by atoms with Crippen LogP contribution < -0.4 is 10.6 Å². The largest absolute Gasteiger partial charge is 0.324 e. The van der Waals surface area contributed by atoms with Crippen molar-refractivity contribution in [2.45, 2.75) is 12.8 Å². The van der Waals surface area contributed by atoms with Crippen LogP contribution in [0.5, 0.6) is 0 Å². The van der Waals surface area contributed by atoms with E-state index >= 15 is 0 Å². The van der Waals surface area contributed by atoms with Gasteiger partial charge in [0.25, 0.3) is 5.69 Å². The second-order valence-corrected chi connectivity index (χ2v) is 5.84. The van der Waals surface area contributed by atoms with Crippen LogP contribution in [-0.4, -0.2) is 42.0 Å². The van der Waals surface area contributed by atoms with Crippen LogP contribution in [0.25, 0.3) is 0 Å². The van der Waals surface area contributed by atoms with Crippen LogP contribution in [0, 0.1) is 15.5 Å². The summed E-state index contributed by atoms with van der Waals surface area (Å²) in [7, 11) is 0. The van der Waals surface area contributed by atoms with Gasteiger partial charge in [-0.2, -0.15) is 0 Å². The van der Waals surface area contributed by atoms with Gasteiger partial charge in [0, 0.05) is 42.9 Å². The summed E-state index contributed by atoms with van der Waals surface area (Å²) in [5.74, 6) is 0. The topological polar surface area (TPSA) is 87.5 Å². The molecular formula is C14H18N4O3. The van der Waals surface area contributed by atoms with Gasteiger partial charge in [-0.25, -0.2) is 4.79 Å². The first-order valence-electron chi connectivity index (χ1n) is 7.09. The third kappa shape index (κ3) is 2.82. The second-order valence-electron chi connectivity index (χ2n) is 5.84. The molecule has 21 heavy (non-hydrogen) atoms. The number of nitrogens with one attached hydrogen (secondary N) is 2. The van der Waals surface area contributed by atoms with Crippen molar-refractivity contribution in [2.75, 3.05) is 31.5 Å². The lowest BCUT2D eigenvalue weighted by molar-refractivity contribution is -0.384. The van der Waals surface area contributed by atoms with Gasteiger partial charge < -0.3 is 15.5 Å². The van der Waals surface area contributed by atoms with Crippen molar-refractivity contribution in [2.24, 2.45) is 5.41 Å². The predicted octanol–water partition coefficient (Wildman–Crippen LogP) is 1.81. The maximum absolute atomic E-state index is 12.3. The molecule has 0 aliphatic carbocycles. The standard InChI is InChI=1S/C14H18N4O3/c19-13(16-11-2-1-3-12(8-11)18(20)21)17-7-5-14(10-17)4-6-15-9-14/h1-3,8,15H,4-7,9-10H2,(H,16,19). The maximum Gasteiger partial charge on any atom is 0.321 e. The Morgan fingerprint density at radius 1 is 1.43 bits per heavy atom. The number of carbonyl (C=O) groups is 1. The number of nitro groups is 1. The Balaban J connectivity index is 1.64. The quantitative estimate of drug-likeness (QED) is 0.642. The molecule has 0 saturated carbocycles. The normalized spacial score (nSPS) is 24.5.